The highest BCUT2D eigenvalue weighted by molar-refractivity contribution is 6.32. The maximum absolute atomic E-state index is 12.9. The lowest BCUT2D eigenvalue weighted by Crippen LogP contribution is -2.44. The maximum atomic E-state index is 12.9. The number of hydrogen-bond donors (Lipinski definition) is 0. The van der Waals surface area contributed by atoms with E-state index in [0.717, 1.165) is 18.7 Å². The molecule has 0 aliphatic carbocycles. The van der Waals surface area contributed by atoms with Crippen molar-refractivity contribution in [2.45, 2.75) is 51.7 Å². The molecule has 0 radical (unpaired) electrons. The van der Waals surface area contributed by atoms with E-state index in [2.05, 4.69) is 18.8 Å². The van der Waals surface area contributed by atoms with Crippen LogP contribution in [-0.4, -0.2) is 39.6 Å². The molecular weight excluding hydrogens is 350 g/mol. The average Bonchev–Trinajstić information content (AvgIpc) is 3.13. The molecule has 2 heterocycles. The quantitative estimate of drug-likeness (QED) is 0.783. The van der Waals surface area contributed by atoms with E-state index in [-0.39, 0.29) is 24.0 Å². The molecule has 1 aliphatic heterocycles. The summed E-state index contributed by atoms with van der Waals surface area (Å²) in [6, 6.07) is 7.28. The molecular formula is C20H26ClN3O2. The predicted octanol–water partition coefficient (Wildman–Crippen LogP) is 4.29. The lowest BCUT2D eigenvalue weighted by atomic mass is 10.1. The van der Waals surface area contributed by atoms with Crippen molar-refractivity contribution in [3.05, 3.63) is 47.5 Å². The van der Waals surface area contributed by atoms with Crippen LogP contribution in [0, 0.1) is 0 Å². The lowest BCUT2D eigenvalue weighted by Gasteiger charge is -2.34. The molecule has 1 aromatic heterocycles. The van der Waals surface area contributed by atoms with E-state index in [1.807, 2.05) is 46.9 Å². The summed E-state index contributed by atoms with van der Waals surface area (Å²) < 4.78 is 8.00. The van der Waals surface area contributed by atoms with E-state index in [1.165, 1.54) is 0 Å². The first-order chi connectivity index (χ1) is 12.5. The van der Waals surface area contributed by atoms with Crippen molar-refractivity contribution in [2.75, 3.05) is 13.1 Å². The van der Waals surface area contributed by atoms with Gasteiger partial charge in [-0.05, 0) is 19.1 Å². The van der Waals surface area contributed by atoms with Crippen LogP contribution in [0.5, 0.6) is 5.75 Å². The minimum absolute atomic E-state index is 0.0914. The predicted molar refractivity (Wildman–Crippen MR) is 103 cm³/mol. The zero-order valence-electron chi connectivity index (χ0n) is 15.6. The minimum Gasteiger partial charge on any atom is -0.489 e. The van der Waals surface area contributed by atoms with E-state index < -0.39 is 0 Å². The van der Waals surface area contributed by atoms with Gasteiger partial charge in [-0.25, -0.2) is 4.98 Å². The summed E-state index contributed by atoms with van der Waals surface area (Å²) in [6.07, 6.45) is 5.37. The molecule has 1 unspecified atom stereocenters. The number of halogens is 1. The van der Waals surface area contributed by atoms with Crippen molar-refractivity contribution < 1.29 is 9.53 Å². The monoisotopic (exact) mass is 375 g/mol. The Kier molecular flexibility index (Phi) is 5.87. The van der Waals surface area contributed by atoms with Crippen LogP contribution >= 0.6 is 11.6 Å². The standard InChI is InChI=1S/C20H26ClN3O2/c1-14(2)19-22-10-13-24(19)15(3)20(25)23-11-8-16(9-12-23)26-18-7-5-4-6-17(18)21/h4-7,10,13-16H,8-9,11-12H2,1-3H3. The molecule has 0 saturated carbocycles. The highest BCUT2D eigenvalue weighted by atomic mass is 35.5. The number of nitrogens with zero attached hydrogens (tertiary/aromatic N) is 3. The van der Waals surface area contributed by atoms with Gasteiger partial charge in [0.1, 0.15) is 23.7 Å². The lowest BCUT2D eigenvalue weighted by molar-refractivity contribution is -0.136. The summed E-state index contributed by atoms with van der Waals surface area (Å²) in [5.74, 6) is 2.09. The number of imidazole rings is 1. The highest BCUT2D eigenvalue weighted by Crippen LogP contribution is 2.27. The Morgan fingerprint density at radius 2 is 1.92 bits per heavy atom. The first-order valence-corrected chi connectivity index (χ1v) is 9.58. The van der Waals surface area contributed by atoms with E-state index in [4.69, 9.17) is 16.3 Å². The van der Waals surface area contributed by atoms with Gasteiger partial charge >= 0.3 is 0 Å². The van der Waals surface area contributed by atoms with Crippen LogP contribution in [0.25, 0.3) is 0 Å². The number of benzene rings is 1. The number of hydrogen-bond acceptors (Lipinski definition) is 3. The topological polar surface area (TPSA) is 47.4 Å². The van der Waals surface area contributed by atoms with Gasteiger partial charge in [-0.1, -0.05) is 37.6 Å². The third-order valence-electron chi connectivity index (χ3n) is 4.87. The molecule has 1 aromatic carbocycles. The van der Waals surface area contributed by atoms with Crippen molar-refractivity contribution >= 4 is 17.5 Å². The number of para-hydroxylation sites is 1. The van der Waals surface area contributed by atoms with E-state index in [9.17, 15) is 4.79 Å². The normalized spacial score (nSPS) is 16.7. The molecule has 2 aromatic rings. The Bertz CT molecular complexity index is 751. The molecule has 1 fully saturated rings. The molecule has 0 N–H and O–H groups in total. The van der Waals surface area contributed by atoms with Gasteiger partial charge in [0.05, 0.1) is 5.02 Å². The third kappa shape index (κ3) is 4.04. The Morgan fingerprint density at radius 3 is 2.58 bits per heavy atom. The van der Waals surface area contributed by atoms with Gasteiger partial charge < -0.3 is 14.2 Å². The summed E-state index contributed by atoms with van der Waals surface area (Å²) in [7, 11) is 0. The second-order valence-electron chi connectivity index (χ2n) is 7.10. The van der Waals surface area contributed by atoms with Crippen LogP contribution in [0.3, 0.4) is 0 Å². The Balaban J connectivity index is 1.58. The number of amides is 1. The zero-order chi connectivity index (χ0) is 18.7. The van der Waals surface area contributed by atoms with Gasteiger partial charge in [-0.15, -0.1) is 0 Å². The number of rotatable bonds is 5. The molecule has 1 aliphatic rings. The maximum Gasteiger partial charge on any atom is 0.245 e. The first kappa shape index (κ1) is 18.8. The molecule has 0 spiro atoms. The molecule has 1 atom stereocenters. The molecule has 3 rings (SSSR count). The first-order valence-electron chi connectivity index (χ1n) is 9.20. The van der Waals surface area contributed by atoms with Crippen molar-refractivity contribution in [3.8, 4) is 5.75 Å². The van der Waals surface area contributed by atoms with Crippen molar-refractivity contribution in [3.63, 3.8) is 0 Å². The molecule has 1 amide bonds. The average molecular weight is 376 g/mol. The largest absolute Gasteiger partial charge is 0.489 e. The van der Waals surface area contributed by atoms with Crippen molar-refractivity contribution in [1.29, 1.82) is 0 Å². The van der Waals surface area contributed by atoms with Crippen LogP contribution < -0.4 is 4.74 Å². The third-order valence-corrected chi connectivity index (χ3v) is 5.19. The van der Waals surface area contributed by atoms with Crippen molar-refractivity contribution in [1.82, 2.24) is 14.5 Å². The van der Waals surface area contributed by atoms with Gasteiger partial charge in [0.25, 0.3) is 0 Å². The van der Waals surface area contributed by atoms with E-state index >= 15 is 0 Å². The van der Waals surface area contributed by atoms with Crippen LogP contribution in [0.15, 0.2) is 36.7 Å². The zero-order valence-corrected chi connectivity index (χ0v) is 16.3. The molecule has 5 nitrogen and oxygen atoms in total. The van der Waals surface area contributed by atoms with Gasteiger partial charge in [0.2, 0.25) is 5.91 Å². The highest BCUT2D eigenvalue weighted by Gasteiger charge is 2.29. The van der Waals surface area contributed by atoms with Crippen LogP contribution in [-0.2, 0) is 4.79 Å². The molecule has 1 saturated heterocycles. The second-order valence-corrected chi connectivity index (χ2v) is 7.50. The fourth-order valence-corrected chi connectivity index (χ4v) is 3.58. The van der Waals surface area contributed by atoms with Gasteiger partial charge in [0, 0.05) is 44.2 Å². The molecule has 6 heteroatoms. The SMILES string of the molecule is CC(C)c1nccn1C(C)C(=O)N1CCC(Oc2ccccc2Cl)CC1. The Labute approximate surface area is 159 Å². The fourth-order valence-electron chi connectivity index (χ4n) is 3.40. The summed E-state index contributed by atoms with van der Waals surface area (Å²) >= 11 is 6.16. The van der Waals surface area contributed by atoms with E-state index in [1.54, 1.807) is 6.20 Å². The van der Waals surface area contributed by atoms with Crippen LogP contribution in [0.2, 0.25) is 5.02 Å². The fraction of sp³-hybridized carbons (Fsp3) is 0.500. The Hall–Kier alpha value is -2.01. The number of likely N-dealkylation sites (tertiary alicyclic amines) is 1. The van der Waals surface area contributed by atoms with Gasteiger partial charge in [-0.2, -0.15) is 0 Å². The second kappa shape index (κ2) is 8.12. The smallest absolute Gasteiger partial charge is 0.245 e. The molecule has 140 valence electrons. The summed E-state index contributed by atoms with van der Waals surface area (Å²) in [6.45, 7) is 7.53. The van der Waals surface area contributed by atoms with Gasteiger partial charge in [-0.3, -0.25) is 4.79 Å². The van der Waals surface area contributed by atoms with Gasteiger partial charge in [0.15, 0.2) is 0 Å². The summed E-state index contributed by atoms with van der Waals surface area (Å²) in [4.78, 5) is 19.2. The molecule has 0 bridgehead atoms. The van der Waals surface area contributed by atoms with E-state index in [0.29, 0.717) is 23.9 Å². The Morgan fingerprint density at radius 1 is 1.23 bits per heavy atom. The number of ether oxygens (including phenoxy) is 1. The minimum atomic E-state index is -0.240. The number of carbonyl (C=O) groups is 1. The molecule has 26 heavy (non-hydrogen) atoms. The van der Waals surface area contributed by atoms with Crippen molar-refractivity contribution in [2.24, 2.45) is 0 Å². The number of aromatic nitrogens is 2. The van der Waals surface area contributed by atoms with Crippen LogP contribution in [0.1, 0.15) is 51.4 Å². The summed E-state index contributed by atoms with van der Waals surface area (Å²) in [5.41, 5.74) is 0. The number of carbonyl (C=O) groups excluding carboxylic acids is 1. The number of piperidine rings is 1. The van der Waals surface area contributed by atoms with Crippen LogP contribution in [0.4, 0.5) is 0 Å². The summed E-state index contributed by atoms with van der Waals surface area (Å²) in [5, 5.41) is 0.626.